The highest BCUT2D eigenvalue weighted by Crippen LogP contribution is 2.34. The Morgan fingerprint density at radius 1 is 0.694 bits per heavy atom. The summed E-state index contributed by atoms with van der Waals surface area (Å²) in [6.07, 6.45) is -1.03. The van der Waals surface area contributed by atoms with Crippen molar-refractivity contribution in [1.82, 2.24) is 0 Å². The average molecular weight is 527 g/mol. The average Bonchev–Trinajstić information content (AvgIpc) is 3.29. The zero-order chi connectivity index (χ0) is 25.5. The van der Waals surface area contributed by atoms with Gasteiger partial charge >= 0.3 is 12.1 Å². The summed E-state index contributed by atoms with van der Waals surface area (Å²) in [6.45, 7) is 3.77. The second-order valence-corrected chi connectivity index (χ2v) is 9.35. The lowest BCUT2D eigenvalue weighted by atomic mass is 10.2. The number of hydrogen-bond donors (Lipinski definition) is 0. The Bertz CT molecular complexity index is 1190. The third-order valence-corrected chi connectivity index (χ3v) is 6.35. The molecule has 0 fully saturated rings. The Morgan fingerprint density at radius 2 is 1.17 bits per heavy atom. The van der Waals surface area contributed by atoms with Crippen LogP contribution in [0.3, 0.4) is 0 Å². The van der Waals surface area contributed by atoms with Gasteiger partial charge in [-0.3, -0.25) is 0 Å². The molecule has 36 heavy (non-hydrogen) atoms. The van der Waals surface area contributed by atoms with E-state index in [1.54, 1.807) is 93.9 Å². The third-order valence-electron chi connectivity index (χ3n) is 5.18. The monoisotopic (exact) mass is 526 g/mol. The van der Waals surface area contributed by atoms with Crippen LogP contribution in [0, 0.1) is 6.92 Å². The molecule has 4 aromatic rings. The minimum atomic E-state index is -1.41. The summed E-state index contributed by atoms with van der Waals surface area (Å²) < 4.78 is 36.0. The van der Waals surface area contributed by atoms with E-state index in [0.717, 1.165) is 5.56 Å². The number of benzene rings is 3. The number of ether oxygens (including phenoxy) is 6. The first-order valence-electron chi connectivity index (χ1n) is 11.2. The zero-order valence-corrected chi connectivity index (χ0v) is 22.0. The maximum absolute atomic E-state index is 6.42. The normalized spacial score (nSPS) is 12.5. The van der Waals surface area contributed by atoms with Crippen LogP contribution >= 0.6 is 22.9 Å². The SMILES string of the molecule is COc1ccc(OC(Oc2ccc(OC)cc2)C(C)(Oc2ccc(Cl)cc2)Oc2cc(C)cs2)cc1. The Balaban J connectivity index is 1.71. The number of rotatable bonds is 11. The van der Waals surface area contributed by atoms with Crippen molar-refractivity contribution in [3.05, 3.63) is 94.8 Å². The van der Waals surface area contributed by atoms with E-state index in [4.69, 9.17) is 40.0 Å². The van der Waals surface area contributed by atoms with Crippen molar-refractivity contribution in [2.24, 2.45) is 0 Å². The lowest BCUT2D eigenvalue weighted by Crippen LogP contribution is -2.55. The molecule has 0 spiro atoms. The molecule has 188 valence electrons. The van der Waals surface area contributed by atoms with Crippen LogP contribution in [0.1, 0.15) is 12.5 Å². The molecule has 8 heteroatoms. The standard InChI is InChI=1S/C28H27ClO6S/c1-19-17-26(36-18-19)35-28(2,34-25-7-5-20(29)6-8-25)27(32-23-13-9-21(30-3)10-14-23)33-24-15-11-22(31-4)12-16-24/h5-18,27H,1-4H3. The molecule has 1 heterocycles. The second kappa shape index (κ2) is 11.5. The molecule has 0 aliphatic carbocycles. The van der Waals surface area contributed by atoms with Crippen molar-refractivity contribution in [2.75, 3.05) is 14.2 Å². The van der Waals surface area contributed by atoms with Crippen molar-refractivity contribution in [3.8, 4) is 33.8 Å². The highest BCUT2D eigenvalue weighted by Gasteiger charge is 2.44. The fraction of sp³-hybridized carbons (Fsp3) is 0.214. The van der Waals surface area contributed by atoms with Crippen molar-refractivity contribution in [1.29, 1.82) is 0 Å². The quantitative estimate of drug-likeness (QED) is 0.190. The molecule has 0 saturated heterocycles. The van der Waals surface area contributed by atoms with Crippen molar-refractivity contribution >= 4 is 22.9 Å². The lowest BCUT2D eigenvalue weighted by Gasteiger charge is -2.36. The highest BCUT2D eigenvalue weighted by molar-refractivity contribution is 7.12. The molecule has 0 aliphatic heterocycles. The van der Waals surface area contributed by atoms with Crippen LogP contribution in [0.15, 0.2) is 84.2 Å². The van der Waals surface area contributed by atoms with Crippen LogP contribution in [0.2, 0.25) is 5.02 Å². The molecule has 0 bridgehead atoms. The minimum Gasteiger partial charge on any atom is -0.497 e. The zero-order valence-electron chi connectivity index (χ0n) is 20.4. The van der Waals surface area contributed by atoms with E-state index >= 15 is 0 Å². The van der Waals surface area contributed by atoms with Crippen LogP contribution in [-0.4, -0.2) is 26.3 Å². The van der Waals surface area contributed by atoms with Crippen LogP contribution in [0.25, 0.3) is 0 Å². The van der Waals surface area contributed by atoms with E-state index in [9.17, 15) is 0 Å². The summed E-state index contributed by atoms with van der Waals surface area (Å²) in [4.78, 5) is 0. The van der Waals surface area contributed by atoms with E-state index in [-0.39, 0.29) is 0 Å². The van der Waals surface area contributed by atoms with Gasteiger partial charge in [0.1, 0.15) is 28.7 Å². The maximum atomic E-state index is 6.42. The molecule has 6 nitrogen and oxygen atoms in total. The smallest absolute Gasteiger partial charge is 0.324 e. The molecule has 0 saturated carbocycles. The summed E-state index contributed by atoms with van der Waals surface area (Å²) in [7, 11) is 3.22. The third kappa shape index (κ3) is 6.56. The number of hydrogen-bond acceptors (Lipinski definition) is 7. The second-order valence-electron chi connectivity index (χ2n) is 8.04. The fourth-order valence-corrected chi connectivity index (χ4v) is 4.27. The van der Waals surface area contributed by atoms with Crippen molar-refractivity contribution in [2.45, 2.75) is 25.9 Å². The van der Waals surface area contributed by atoms with E-state index < -0.39 is 12.1 Å². The summed E-state index contributed by atoms with van der Waals surface area (Å²) in [6, 6.07) is 23.4. The fourth-order valence-electron chi connectivity index (χ4n) is 3.31. The first-order valence-corrected chi connectivity index (χ1v) is 12.4. The molecule has 0 amide bonds. The van der Waals surface area contributed by atoms with E-state index in [1.807, 2.05) is 18.4 Å². The summed E-state index contributed by atoms with van der Waals surface area (Å²) >= 11 is 7.55. The molecule has 0 radical (unpaired) electrons. The Kier molecular flexibility index (Phi) is 8.13. The highest BCUT2D eigenvalue weighted by atomic mass is 35.5. The molecular formula is C28H27ClO6S. The van der Waals surface area contributed by atoms with Crippen molar-refractivity contribution < 1.29 is 28.4 Å². The van der Waals surface area contributed by atoms with E-state index in [0.29, 0.717) is 38.8 Å². The molecule has 1 unspecified atom stereocenters. The Morgan fingerprint density at radius 3 is 1.61 bits per heavy atom. The first kappa shape index (κ1) is 25.5. The van der Waals surface area contributed by atoms with Gasteiger partial charge in [-0.25, -0.2) is 0 Å². The minimum absolute atomic E-state index is 0.539. The van der Waals surface area contributed by atoms with Crippen molar-refractivity contribution in [3.63, 3.8) is 0 Å². The molecular weight excluding hydrogens is 500 g/mol. The van der Waals surface area contributed by atoms with Crippen LogP contribution in [0.5, 0.6) is 33.8 Å². The van der Waals surface area contributed by atoms with Crippen LogP contribution in [-0.2, 0) is 0 Å². The van der Waals surface area contributed by atoms with Gasteiger partial charge in [0.15, 0.2) is 5.06 Å². The molecule has 0 N–H and O–H groups in total. The molecule has 1 aromatic heterocycles. The molecule has 3 aromatic carbocycles. The van der Waals surface area contributed by atoms with Gasteiger partial charge in [-0.05, 0) is 96.7 Å². The van der Waals surface area contributed by atoms with Gasteiger partial charge in [0.2, 0.25) is 0 Å². The summed E-state index contributed by atoms with van der Waals surface area (Å²) in [5, 5.41) is 3.26. The van der Waals surface area contributed by atoms with Gasteiger partial charge in [-0.1, -0.05) is 11.6 Å². The van der Waals surface area contributed by atoms with Gasteiger partial charge in [0.25, 0.3) is 0 Å². The summed E-state index contributed by atoms with van der Waals surface area (Å²) in [5.74, 6) is 1.64. The number of thiophene rings is 1. The Labute approximate surface area is 219 Å². The topological polar surface area (TPSA) is 55.4 Å². The van der Waals surface area contributed by atoms with Gasteiger partial charge in [0.05, 0.1) is 14.2 Å². The van der Waals surface area contributed by atoms with Crippen LogP contribution < -0.4 is 28.4 Å². The van der Waals surface area contributed by atoms with E-state index in [2.05, 4.69) is 0 Å². The maximum Gasteiger partial charge on any atom is 0.324 e. The lowest BCUT2D eigenvalue weighted by molar-refractivity contribution is -0.225. The van der Waals surface area contributed by atoms with Gasteiger partial charge in [0, 0.05) is 11.9 Å². The van der Waals surface area contributed by atoms with Gasteiger partial charge in [-0.15, -0.1) is 11.3 Å². The largest absolute Gasteiger partial charge is 0.497 e. The number of aryl methyl sites for hydroxylation is 1. The van der Waals surface area contributed by atoms with E-state index in [1.165, 1.54) is 11.3 Å². The molecule has 4 rings (SSSR count). The van der Waals surface area contributed by atoms with Gasteiger partial charge in [-0.2, -0.15) is 0 Å². The predicted octanol–water partition coefficient (Wildman–Crippen LogP) is 7.39. The Hall–Kier alpha value is -3.55. The van der Waals surface area contributed by atoms with Crippen LogP contribution in [0.4, 0.5) is 0 Å². The predicted molar refractivity (Wildman–Crippen MR) is 141 cm³/mol. The summed E-state index contributed by atoms with van der Waals surface area (Å²) in [5.41, 5.74) is 1.08. The first-order chi connectivity index (χ1) is 17.4. The number of methoxy groups -OCH3 is 2. The van der Waals surface area contributed by atoms with Gasteiger partial charge < -0.3 is 28.4 Å². The number of halogens is 1. The molecule has 0 aliphatic rings. The molecule has 1 atom stereocenters.